The van der Waals surface area contributed by atoms with Crippen LogP contribution < -0.4 is 15.7 Å². The molecule has 1 aliphatic heterocycles. The highest BCUT2D eigenvalue weighted by Gasteiger charge is 2.23. The zero-order chi connectivity index (χ0) is 23.8. The third-order valence-electron chi connectivity index (χ3n) is 6.02. The number of nitrogens with one attached hydrogen (secondary N) is 1. The summed E-state index contributed by atoms with van der Waals surface area (Å²) in [6.45, 7) is 5.87. The van der Waals surface area contributed by atoms with E-state index in [-0.39, 0.29) is 18.2 Å². The Kier molecular flexibility index (Phi) is 8.85. The van der Waals surface area contributed by atoms with Gasteiger partial charge in [0.2, 0.25) is 11.8 Å². The third kappa shape index (κ3) is 6.55. The van der Waals surface area contributed by atoms with Crippen LogP contribution in [-0.2, 0) is 20.7 Å². The van der Waals surface area contributed by atoms with Crippen LogP contribution in [0.3, 0.4) is 0 Å². The van der Waals surface area contributed by atoms with Gasteiger partial charge in [0, 0.05) is 69.9 Å². The molecule has 1 aliphatic rings. The second kappa shape index (κ2) is 11.8. The SMILES string of the molecule is COCCCNC(=O)CN1CCN(C(=O)CCc2c(C)c3ccc(OC)cc3oc2=O)CC1. The molecule has 1 aromatic heterocycles. The molecule has 180 valence electrons. The lowest BCUT2D eigenvalue weighted by molar-refractivity contribution is -0.133. The summed E-state index contributed by atoms with van der Waals surface area (Å²) in [5.41, 5.74) is 1.43. The first-order valence-electron chi connectivity index (χ1n) is 11.3. The molecule has 0 saturated carbocycles. The van der Waals surface area contributed by atoms with Gasteiger partial charge in [-0.15, -0.1) is 0 Å². The first kappa shape index (κ1) is 24.7. The van der Waals surface area contributed by atoms with E-state index < -0.39 is 5.63 Å². The Morgan fingerprint density at radius 2 is 1.91 bits per heavy atom. The van der Waals surface area contributed by atoms with Crippen molar-refractivity contribution in [3.05, 3.63) is 39.7 Å². The van der Waals surface area contributed by atoms with Gasteiger partial charge in [-0.2, -0.15) is 0 Å². The summed E-state index contributed by atoms with van der Waals surface area (Å²) in [6.07, 6.45) is 1.36. The van der Waals surface area contributed by atoms with E-state index in [9.17, 15) is 14.4 Å². The number of nitrogens with zero attached hydrogens (tertiary/aromatic N) is 2. The van der Waals surface area contributed by atoms with Crippen LogP contribution >= 0.6 is 0 Å². The molecule has 9 nitrogen and oxygen atoms in total. The van der Waals surface area contributed by atoms with Gasteiger partial charge in [0.25, 0.3) is 0 Å². The average molecular weight is 460 g/mol. The van der Waals surface area contributed by atoms with E-state index in [1.54, 1.807) is 25.2 Å². The summed E-state index contributed by atoms with van der Waals surface area (Å²) in [4.78, 5) is 41.1. The zero-order valence-corrected chi connectivity index (χ0v) is 19.6. The van der Waals surface area contributed by atoms with Crippen LogP contribution in [0.25, 0.3) is 11.0 Å². The fourth-order valence-electron chi connectivity index (χ4n) is 4.04. The average Bonchev–Trinajstić information content (AvgIpc) is 2.81. The van der Waals surface area contributed by atoms with Crippen LogP contribution in [0.15, 0.2) is 27.4 Å². The molecule has 9 heteroatoms. The maximum absolute atomic E-state index is 12.7. The van der Waals surface area contributed by atoms with Gasteiger partial charge in [-0.1, -0.05) is 0 Å². The molecule has 2 heterocycles. The quantitative estimate of drug-likeness (QED) is 0.423. The van der Waals surface area contributed by atoms with Crippen LogP contribution in [-0.4, -0.2) is 81.7 Å². The number of amides is 2. The van der Waals surface area contributed by atoms with Crippen molar-refractivity contribution in [3.8, 4) is 5.75 Å². The van der Waals surface area contributed by atoms with E-state index in [4.69, 9.17) is 13.9 Å². The van der Waals surface area contributed by atoms with Gasteiger partial charge in [-0.05, 0) is 37.5 Å². The Balaban J connectivity index is 1.49. The third-order valence-corrected chi connectivity index (χ3v) is 6.02. The number of aryl methyl sites for hydroxylation is 1. The molecule has 1 saturated heterocycles. The molecule has 0 aliphatic carbocycles. The van der Waals surface area contributed by atoms with E-state index in [0.29, 0.717) is 69.2 Å². The molecular weight excluding hydrogens is 426 g/mol. The van der Waals surface area contributed by atoms with Crippen molar-refractivity contribution < 1.29 is 23.5 Å². The van der Waals surface area contributed by atoms with Crippen molar-refractivity contribution in [2.24, 2.45) is 0 Å². The fourth-order valence-corrected chi connectivity index (χ4v) is 4.04. The topological polar surface area (TPSA) is 101 Å². The number of carbonyl (C=O) groups is 2. The first-order valence-corrected chi connectivity index (χ1v) is 11.3. The number of hydrogen-bond donors (Lipinski definition) is 1. The normalized spacial score (nSPS) is 14.5. The first-order chi connectivity index (χ1) is 15.9. The van der Waals surface area contributed by atoms with Gasteiger partial charge in [0.05, 0.1) is 13.7 Å². The van der Waals surface area contributed by atoms with Gasteiger partial charge in [0.1, 0.15) is 11.3 Å². The lowest BCUT2D eigenvalue weighted by atomic mass is 10.0. The standard InChI is InChI=1S/C24H33N3O6/c1-17-19-6-5-18(32-3)15-21(19)33-24(30)20(17)7-8-23(29)27-12-10-26(11-13-27)16-22(28)25-9-4-14-31-2/h5-6,15H,4,7-14,16H2,1-3H3,(H,25,28). The molecule has 2 aromatic rings. The van der Waals surface area contributed by atoms with Crippen molar-refractivity contribution in [1.29, 1.82) is 0 Å². The molecule has 0 radical (unpaired) electrons. The highest BCUT2D eigenvalue weighted by Crippen LogP contribution is 2.24. The number of hydrogen-bond acceptors (Lipinski definition) is 7. The van der Waals surface area contributed by atoms with E-state index in [1.807, 2.05) is 24.0 Å². The molecule has 1 fully saturated rings. The Morgan fingerprint density at radius 1 is 1.15 bits per heavy atom. The zero-order valence-electron chi connectivity index (χ0n) is 19.6. The van der Waals surface area contributed by atoms with Gasteiger partial charge in [-0.3, -0.25) is 14.5 Å². The van der Waals surface area contributed by atoms with Crippen molar-refractivity contribution in [3.63, 3.8) is 0 Å². The minimum atomic E-state index is -0.414. The summed E-state index contributed by atoms with van der Waals surface area (Å²) < 4.78 is 15.6. The lowest BCUT2D eigenvalue weighted by Crippen LogP contribution is -2.51. The number of ether oxygens (including phenoxy) is 2. The smallest absolute Gasteiger partial charge is 0.339 e. The van der Waals surface area contributed by atoms with E-state index in [0.717, 1.165) is 17.4 Å². The van der Waals surface area contributed by atoms with Crippen LogP contribution in [0.1, 0.15) is 24.0 Å². The summed E-state index contributed by atoms with van der Waals surface area (Å²) >= 11 is 0. The highest BCUT2D eigenvalue weighted by molar-refractivity contribution is 5.83. The fraction of sp³-hybridized carbons (Fsp3) is 0.542. The van der Waals surface area contributed by atoms with Crippen LogP contribution in [0.4, 0.5) is 0 Å². The minimum absolute atomic E-state index is 0.00675. The largest absolute Gasteiger partial charge is 0.497 e. The van der Waals surface area contributed by atoms with E-state index >= 15 is 0 Å². The molecule has 3 rings (SSSR count). The van der Waals surface area contributed by atoms with Crippen molar-refractivity contribution in [2.75, 3.05) is 60.1 Å². The number of fused-ring (bicyclic) bond motifs is 1. The maximum atomic E-state index is 12.7. The van der Waals surface area contributed by atoms with E-state index in [1.165, 1.54) is 0 Å². The molecule has 1 aromatic carbocycles. The van der Waals surface area contributed by atoms with Gasteiger partial charge < -0.3 is 24.1 Å². The number of carbonyl (C=O) groups excluding carboxylic acids is 2. The number of rotatable bonds is 10. The molecule has 33 heavy (non-hydrogen) atoms. The van der Waals surface area contributed by atoms with Crippen molar-refractivity contribution >= 4 is 22.8 Å². The second-order valence-corrected chi connectivity index (χ2v) is 8.21. The molecule has 2 amide bonds. The summed E-state index contributed by atoms with van der Waals surface area (Å²) in [6, 6.07) is 5.38. The number of benzene rings is 1. The predicted molar refractivity (Wildman–Crippen MR) is 125 cm³/mol. The molecule has 0 spiro atoms. The summed E-state index contributed by atoms with van der Waals surface area (Å²) in [5, 5.41) is 3.72. The predicted octanol–water partition coefficient (Wildman–Crippen LogP) is 1.34. The van der Waals surface area contributed by atoms with Crippen molar-refractivity contribution in [1.82, 2.24) is 15.1 Å². The van der Waals surface area contributed by atoms with Crippen LogP contribution in [0.5, 0.6) is 5.75 Å². The Bertz CT molecular complexity index is 1030. The molecule has 0 unspecified atom stereocenters. The van der Waals surface area contributed by atoms with Gasteiger partial charge in [0.15, 0.2) is 0 Å². The van der Waals surface area contributed by atoms with Gasteiger partial charge in [-0.25, -0.2) is 4.79 Å². The number of methoxy groups -OCH3 is 2. The van der Waals surface area contributed by atoms with E-state index in [2.05, 4.69) is 5.32 Å². The Morgan fingerprint density at radius 3 is 2.61 bits per heavy atom. The monoisotopic (exact) mass is 459 g/mol. The molecular formula is C24H33N3O6. The summed E-state index contributed by atoms with van der Waals surface area (Å²) in [7, 11) is 3.20. The molecule has 0 atom stereocenters. The second-order valence-electron chi connectivity index (χ2n) is 8.21. The molecule has 1 N–H and O–H groups in total. The number of piperazine rings is 1. The van der Waals surface area contributed by atoms with Crippen molar-refractivity contribution in [2.45, 2.75) is 26.2 Å². The maximum Gasteiger partial charge on any atom is 0.339 e. The highest BCUT2D eigenvalue weighted by atomic mass is 16.5. The summed E-state index contributed by atoms with van der Waals surface area (Å²) in [5.74, 6) is 0.616. The van der Waals surface area contributed by atoms with Gasteiger partial charge >= 0.3 is 5.63 Å². The lowest BCUT2D eigenvalue weighted by Gasteiger charge is -2.34. The minimum Gasteiger partial charge on any atom is -0.497 e. The Labute approximate surface area is 193 Å². The Hall–Kier alpha value is -2.91. The van der Waals surface area contributed by atoms with Crippen LogP contribution in [0.2, 0.25) is 0 Å². The molecule has 0 bridgehead atoms. The van der Waals surface area contributed by atoms with Crippen LogP contribution in [0, 0.1) is 6.92 Å².